The highest BCUT2D eigenvalue weighted by Gasteiger charge is 2.27. The van der Waals surface area contributed by atoms with E-state index >= 15 is 0 Å². The summed E-state index contributed by atoms with van der Waals surface area (Å²) in [6.45, 7) is 2.73. The number of benzene rings is 2. The first kappa shape index (κ1) is 22.0. The van der Waals surface area contributed by atoms with Gasteiger partial charge in [0.1, 0.15) is 18.2 Å². The van der Waals surface area contributed by atoms with Crippen molar-refractivity contribution >= 4 is 17.6 Å². The van der Waals surface area contributed by atoms with E-state index in [0.29, 0.717) is 29.7 Å². The highest BCUT2D eigenvalue weighted by Crippen LogP contribution is 2.39. The number of anilines is 1. The third-order valence-corrected chi connectivity index (χ3v) is 6.67. The summed E-state index contributed by atoms with van der Waals surface area (Å²) in [6, 6.07) is 23.5. The van der Waals surface area contributed by atoms with Gasteiger partial charge in [0.05, 0.1) is 18.1 Å². The first-order valence-corrected chi connectivity index (χ1v) is 12.2. The van der Waals surface area contributed by atoms with E-state index in [2.05, 4.69) is 51.0 Å². The summed E-state index contributed by atoms with van der Waals surface area (Å²) < 4.78 is 1.97. The zero-order valence-corrected chi connectivity index (χ0v) is 20.0. The maximum absolute atomic E-state index is 13.1. The number of amides is 1. The second kappa shape index (κ2) is 9.30. The van der Waals surface area contributed by atoms with Crippen molar-refractivity contribution in [3.63, 3.8) is 0 Å². The van der Waals surface area contributed by atoms with Crippen LogP contribution >= 0.6 is 0 Å². The normalized spacial score (nSPS) is 15.8. The van der Waals surface area contributed by atoms with Crippen LogP contribution in [0, 0.1) is 0 Å². The van der Waals surface area contributed by atoms with Crippen molar-refractivity contribution in [3.8, 4) is 5.69 Å². The maximum atomic E-state index is 13.1. The molecule has 2 N–H and O–H groups in total. The van der Waals surface area contributed by atoms with Crippen molar-refractivity contribution in [1.82, 2.24) is 24.9 Å². The highest BCUT2D eigenvalue weighted by molar-refractivity contribution is 6.04. The molecule has 0 radical (unpaired) electrons. The fourth-order valence-corrected chi connectivity index (χ4v) is 4.46. The molecule has 0 saturated heterocycles. The SMILES string of the molecule is C[C@@H](c1ccccc1)N1CNN=C1c1cccc(NC(=O)c2cccc(-n3cnc(C4CC4)c3)c2)n1. The summed E-state index contributed by atoms with van der Waals surface area (Å²) in [4.78, 5) is 24.5. The van der Waals surface area contributed by atoms with Crippen LogP contribution in [0.4, 0.5) is 5.82 Å². The number of hydrogen-bond acceptors (Lipinski definition) is 6. The van der Waals surface area contributed by atoms with Crippen LogP contribution in [-0.4, -0.2) is 37.8 Å². The maximum Gasteiger partial charge on any atom is 0.256 e. The lowest BCUT2D eigenvalue weighted by Gasteiger charge is -2.26. The lowest BCUT2D eigenvalue weighted by molar-refractivity contribution is 0.102. The fraction of sp³-hybridized carbons (Fsp3) is 0.214. The quantitative estimate of drug-likeness (QED) is 0.404. The minimum absolute atomic E-state index is 0.117. The van der Waals surface area contributed by atoms with Crippen LogP contribution in [0.15, 0.2) is 90.4 Å². The van der Waals surface area contributed by atoms with Crippen molar-refractivity contribution in [3.05, 3.63) is 108 Å². The molecule has 8 nitrogen and oxygen atoms in total. The van der Waals surface area contributed by atoms with E-state index in [1.165, 1.54) is 18.4 Å². The molecule has 0 unspecified atom stereocenters. The van der Waals surface area contributed by atoms with Gasteiger partial charge in [-0.05, 0) is 55.7 Å². The van der Waals surface area contributed by atoms with Gasteiger partial charge in [0, 0.05) is 23.4 Å². The van der Waals surface area contributed by atoms with Crippen molar-refractivity contribution in [2.24, 2.45) is 5.10 Å². The Balaban J connectivity index is 1.19. The summed E-state index contributed by atoms with van der Waals surface area (Å²) in [5.41, 5.74) is 7.54. The van der Waals surface area contributed by atoms with Gasteiger partial charge in [-0.1, -0.05) is 42.5 Å². The first-order chi connectivity index (χ1) is 17.7. The third kappa shape index (κ3) is 4.45. The van der Waals surface area contributed by atoms with E-state index in [1.807, 2.05) is 59.4 Å². The number of nitrogens with zero attached hydrogens (tertiary/aromatic N) is 5. The third-order valence-electron chi connectivity index (χ3n) is 6.67. The monoisotopic (exact) mass is 477 g/mol. The zero-order valence-electron chi connectivity index (χ0n) is 20.0. The molecule has 0 spiro atoms. The molecule has 1 atom stereocenters. The molecule has 2 aromatic carbocycles. The van der Waals surface area contributed by atoms with Crippen molar-refractivity contribution in [2.45, 2.75) is 31.7 Å². The molecular weight excluding hydrogens is 450 g/mol. The molecule has 1 amide bonds. The van der Waals surface area contributed by atoms with E-state index in [4.69, 9.17) is 4.98 Å². The molecule has 1 aliphatic carbocycles. The van der Waals surface area contributed by atoms with Gasteiger partial charge in [0.2, 0.25) is 0 Å². The molecule has 36 heavy (non-hydrogen) atoms. The van der Waals surface area contributed by atoms with Gasteiger partial charge in [-0.15, -0.1) is 0 Å². The molecule has 6 rings (SSSR count). The molecule has 0 bridgehead atoms. The van der Waals surface area contributed by atoms with E-state index in [0.717, 1.165) is 17.2 Å². The molecule has 2 aromatic heterocycles. The zero-order chi connectivity index (χ0) is 24.5. The number of aromatic nitrogens is 3. The predicted octanol–water partition coefficient (Wildman–Crippen LogP) is 4.68. The Hall–Kier alpha value is -4.46. The minimum Gasteiger partial charge on any atom is -0.328 e. The Labute approximate surface area is 209 Å². The molecule has 4 aromatic rings. The average Bonchev–Trinajstić information content (AvgIpc) is 3.44. The summed E-state index contributed by atoms with van der Waals surface area (Å²) in [6.07, 6.45) is 6.28. The number of carbonyl (C=O) groups excluding carboxylic acids is 1. The smallest absolute Gasteiger partial charge is 0.256 e. The average molecular weight is 478 g/mol. The Kier molecular flexibility index (Phi) is 5.69. The second-order valence-corrected chi connectivity index (χ2v) is 9.20. The molecule has 180 valence electrons. The number of pyridine rings is 1. The summed E-state index contributed by atoms with van der Waals surface area (Å²) in [5, 5.41) is 7.43. The van der Waals surface area contributed by atoms with Crippen LogP contribution in [0.3, 0.4) is 0 Å². The van der Waals surface area contributed by atoms with E-state index < -0.39 is 0 Å². The fourth-order valence-electron chi connectivity index (χ4n) is 4.46. The Morgan fingerprint density at radius 2 is 1.89 bits per heavy atom. The van der Waals surface area contributed by atoms with Crippen molar-refractivity contribution < 1.29 is 4.79 Å². The van der Waals surface area contributed by atoms with Gasteiger partial charge < -0.3 is 14.8 Å². The molecule has 2 aliphatic rings. The van der Waals surface area contributed by atoms with Crippen LogP contribution < -0.4 is 10.7 Å². The summed E-state index contributed by atoms with van der Waals surface area (Å²) in [5.74, 6) is 1.59. The second-order valence-electron chi connectivity index (χ2n) is 9.20. The molecule has 1 aliphatic heterocycles. The highest BCUT2D eigenvalue weighted by atomic mass is 16.1. The van der Waals surface area contributed by atoms with Crippen LogP contribution in [0.25, 0.3) is 5.69 Å². The van der Waals surface area contributed by atoms with Crippen LogP contribution in [-0.2, 0) is 0 Å². The minimum atomic E-state index is -0.218. The molecule has 1 saturated carbocycles. The van der Waals surface area contributed by atoms with Gasteiger partial charge in [0.15, 0.2) is 5.84 Å². The van der Waals surface area contributed by atoms with Crippen molar-refractivity contribution in [2.75, 3.05) is 12.0 Å². The van der Waals surface area contributed by atoms with E-state index in [9.17, 15) is 4.79 Å². The number of amidine groups is 1. The number of imidazole rings is 1. The molecule has 8 heteroatoms. The Morgan fingerprint density at radius 3 is 2.72 bits per heavy atom. The lowest BCUT2D eigenvalue weighted by Crippen LogP contribution is -2.33. The van der Waals surface area contributed by atoms with Gasteiger partial charge in [-0.3, -0.25) is 10.2 Å². The summed E-state index contributed by atoms with van der Waals surface area (Å²) in [7, 11) is 0. The van der Waals surface area contributed by atoms with Gasteiger partial charge in [0.25, 0.3) is 5.91 Å². The molecule has 1 fully saturated rings. The van der Waals surface area contributed by atoms with Crippen molar-refractivity contribution in [1.29, 1.82) is 0 Å². The standard InChI is InChI=1S/C28H27N7O/c1-19(20-7-3-2-4-8-20)35-18-30-33-27(35)24-11-6-12-26(31-24)32-28(36)22-9-5-10-23(15-22)34-16-25(29-17-34)21-13-14-21/h2-12,15-17,19,21,30H,13-14,18H2,1H3,(H,31,32,36)/t19-/m0/s1. The van der Waals surface area contributed by atoms with Gasteiger partial charge in [-0.25, -0.2) is 9.97 Å². The topological polar surface area (TPSA) is 87.4 Å². The number of hydrogen-bond donors (Lipinski definition) is 2. The van der Waals surface area contributed by atoms with E-state index in [1.54, 1.807) is 12.1 Å². The number of hydrazone groups is 1. The van der Waals surface area contributed by atoms with E-state index in [-0.39, 0.29) is 11.9 Å². The van der Waals surface area contributed by atoms with Crippen LogP contribution in [0.2, 0.25) is 0 Å². The number of rotatable bonds is 7. The van der Waals surface area contributed by atoms with Gasteiger partial charge >= 0.3 is 0 Å². The largest absolute Gasteiger partial charge is 0.328 e. The predicted molar refractivity (Wildman–Crippen MR) is 139 cm³/mol. The Bertz CT molecular complexity index is 1420. The van der Waals surface area contributed by atoms with Crippen LogP contribution in [0.5, 0.6) is 0 Å². The lowest BCUT2D eigenvalue weighted by atomic mass is 10.1. The number of nitrogens with one attached hydrogen (secondary N) is 2. The molecule has 3 heterocycles. The summed E-state index contributed by atoms with van der Waals surface area (Å²) >= 11 is 0. The molecular formula is C28H27N7O. The number of carbonyl (C=O) groups is 1. The first-order valence-electron chi connectivity index (χ1n) is 12.2. The Morgan fingerprint density at radius 1 is 1.06 bits per heavy atom. The van der Waals surface area contributed by atoms with Crippen LogP contribution in [0.1, 0.15) is 59.0 Å². The van der Waals surface area contributed by atoms with Gasteiger partial charge in [-0.2, -0.15) is 5.10 Å².